The lowest BCUT2D eigenvalue weighted by Gasteiger charge is -2.44. The summed E-state index contributed by atoms with van der Waals surface area (Å²) >= 11 is 0. The average Bonchev–Trinajstić information content (AvgIpc) is 3.22. The van der Waals surface area contributed by atoms with E-state index in [1.54, 1.807) is 12.7 Å². The van der Waals surface area contributed by atoms with Gasteiger partial charge in [0.15, 0.2) is 8.32 Å². The van der Waals surface area contributed by atoms with Crippen molar-refractivity contribution in [3.8, 4) is 0 Å². The van der Waals surface area contributed by atoms with E-state index in [-0.39, 0.29) is 10.6 Å². The number of ether oxygens (including phenoxy) is 2. The molecule has 3 aliphatic carbocycles. The minimum absolute atomic E-state index is 0.236. The van der Waals surface area contributed by atoms with Crippen molar-refractivity contribution in [2.24, 2.45) is 29.1 Å². The second-order valence-electron chi connectivity index (χ2n) is 15.6. The molecule has 0 aromatic heterocycles. The van der Waals surface area contributed by atoms with Gasteiger partial charge >= 0.3 is 0 Å². The first-order valence-corrected chi connectivity index (χ1v) is 19.0. The Morgan fingerprint density at radius 2 is 1.73 bits per heavy atom. The molecule has 0 N–H and O–H groups in total. The maximum Gasteiger partial charge on any atom is 0.192 e. The summed E-state index contributed by atoms with van der Waals surface area (Å²) in [4.78, 5) is 0. The first-order chi connectivity index (χ1) is 18.5. The lowest BCUT2D eigenvalue weighted by molar-refractivity contribution is -0.128. The molecule has 0 aliphatic heterocycles. The molecule has 228 valence electrons. The van der Waals surface area contributed by atoms with Gasteiger partial charge in [0.1, 0.15) is 6.79 Å². The molecule has 0 unspecified atom stereocenters. The number of hydrogen-bond acceptors (Lipinski definition) is 3. The van der Waals surface area contributed by atoms with Crippen molar-refractivity contribution >= 4 is 8.32 Å². The van der Waals surface area contributed by atoms with Gasteiger partial charge in [0.2, 0.25) is 0 Å². The Labute approximate surface area is 249 Å². The third kappa shape index (κ3) is 7.71. The van der Waals surface area contributed by atoms with Crippen molar-refractivity contribution in [1.29, 1.82) is 0 Å². The van der Waals surface area contributed by atoms with Crippen molar-refractivity contribution in [3.63, 3.8) is 0 Å². The van der Waals surface area contributed by atoms with Gasteiger partial charge in [-0.15, -0.1) is 0 Å². The second-order valence-corrected chi connectivity index (χ2v) is 20.3. The Kier molecular flexibility index (Phi) is 11.0. The molecule has 0 radical (unpaired) electrons. The molecular weight excluding hydrogens is 508 g/mol. The van der Waals surface area contributed by atoms with Crippen LogP contribution in [0.3, 0.4) is 0 Å². The maximum atomic E-state index is 6.84. The molecule has 3 aliphatic rings. The first-order valence-electron chi connectivity index (χ1n) is 16.1. The van der Waals surface area contributed by atoms with E-state index in [0.29, 0.717) is 36.1 Å². The fourth-order valence-corrected chi connectivity index (χ4v) is 8.66. The number of fused-ring (bicyclic) bond motifs is 1. The maximum absolute atomic E-state index is 6.84. The van der Waals surface area contributed by atoms with Crippen molar-refractivity contribution < 1.29 is 13.9 Å². The van der Waals surface area contributed by atoms with Gasteiger partial charge in [-0.2, -0.15) is 0 Å². The van der Waals surface area contributed by atoms with Gasteiger partial charge in [0.05, 0.1) is 5.60 Å². The van der Waals surface area contributed by atoms with E-state index in [9.17, 15) is 0 Å². The predicted molar refractivity (Wildman–Crippen MR) is 174 cm³/mol. The predicted octanol–water partition coefficient (Wildman–Crippen LogP) is 10.4. The average molecular weight is 571 g/mol. The molecule has 3 saturated carbocycles. The SMILES string of the molecule is C=C1CC[C@H](O[Si](C)(C)C(C)(C)C)C/C1=C/C=C1\CCC[C@]2(C)[C@@H]1CC[C@@H]2[C@H](C)/C=C/[C@H](C)C(C)(C)OCOC. The highest BCUT2D eigenvalue weighted by molar-refractivity contribution is 6.74. The van der Waals surface area contributed by atoms with Crippen molar-refractivity contribution in [1.82, 2.24) is 0 Å². The molecule has 0 aromatic carbocycles. The van der Waals surface area contributed by atoms with E-state index < -0.39 is 8.32 Å². The number of methoxy groups -OCH3 is 1. The smallest absolute Gasteiger partial charge is 0.192 e. The van der Waals surface area contributed by atoms with Crippen LogP contribution in [0, 0.1) is 29.1 Å². The van der Waals surface area contributed by atoms with Crippen molar-refractivity contribution in [2.45, 2.75) is 137 Å². The van der Waals surface area contributed by atoms with Crippen molar-refractivity contribution in [3.05, 3.63) is 47.6 Å². The fraction of sp³-hybridized carbons (Fsp3) is 0.778. The molecule has 3 fully saturated rings. The number of allylic oxidation sites excluding steroid dienone is 5. The molecule has 3 rings (SSSR count). The van der Waals surface area contributed by atoms with Gasteiger partial charge in [0, 0.05) is 19.1 Å². The van der Waals surface area contributed by atoms with E-state index in [1.165, 1.54) is 43.3 Å². The van der Waals surface area contributed by atoms with Crippen LogP contribution < -0.4 is 0 Å². The quantitative estimate of drug-likeness (QED) is 0.148. The summed E-state index contributed by atoms with van der Waals surface area (Å²) in [6.45, 7) is 28.2. The van der Waals surface area contributed by atoms with Gasteiger partial charge in [-0.05, 0) is 112 Å². The molecular formula is C36H62O3Si. The van der Waals surface area contributed by atoms with Gasteiger partial charge in [-0.3, -0.25) is 0 Å². The summed E-state index contributed by atoms with van der Waals surface area (Å²) in [6.07, 6.45) is 19.9. The molecule has 6 atom stereocenters. The Balaban J connectivity index is 1.71. The molecule has 0 bridgehead atoms. The molecule has 0 amide bonds. The summed E-state index contributed by atoms with van der Waals surface area (Å²) in [5, 5.41) is 0.247. The summed E-state index contributed by atoms with van der Waals surface area (Å²) in [6, 6.07) is 0. The molecule has 0 heterocycles. The van der Waals surface area contributed by atoms with Crippen LogP contribution in [0.1, 0.15) is 107 Å². The molecule has 3 nitrogen and oxygen atoms in total. The highest BCUT2D eigenvalue weighted by Crippen LogP contribution is 2.59. The molecule has 0 aromatic rings. The molecule has 0 spiro atoms. The molecule has 40 heavy (non-hydrogen) atoms. The standard InChI is InChI=1S/C36H62O3Si/c1-26-16-20-31(39-40(11,12)34(4,5)6)24-30(26)19-18-29-14-13-23-36(9)32(21-22-33(29)36)27(2)15-17-28(3)35(7,8)38-25-37-10/h15,17-19,27-28,31-33H,1,13-14,16,20-25H2,2-12H3/b17-15+,29-18+,30-19-/t27-,28+,31+,32-,33-,36+/m1/s1. The van der Waals surface area contributed by atoms with Crippen molar-refractivity contribution in [2.75, 3.05) is 13.9 Å². The molecule has 4 heteroatoms. The Morgan fingerprint density at radius 3 is 2.38 bits per heavy atom. The minimum Gasteiger partial charge on any atom is -0.414 e. The van der Waals surface area contributed by atoms with Crippen LogP contribution in [0.4, 0.5) is 0 Å². The zero-order chi connectivity index (χ0) is 29.9. The highest BCUT2D eigenvalue weighted by atomic mass is 28.4. The van der Waals surface area contributed by atoms with E-state index in [2.05, 4.69) is 99.4 Å². The Bertz CT molecular complexity index is 965. The van der Waals surface area contributed by atoms with E-state index in [0.717, 1.165) is 25.2 Å². The van der Waals surface area contributed by atoms with Gasteiger partial charge in [0.25, 0.3) is 0 Å². The van der Waals surface area contributed by atoms with Gasteiger partial charge in [-0.25, -0.2) is 0 Å². The minimum atomic E-state index is -1.77. The lowest BCUT2D eigenvalue weighted by atomic mass is 9.61. The Morgan fingerprint density at radius 1 is 1.02 bits per heavy atom. The van der Waals surface area contributed by atoms with Gasteiger partial charge < -0.3 is 13.9 Å². The normalized spacial score (nSPS) is 32.2. The number of hydrogen-bond donors (Lipinski definition) is 0. The first kappa shape index (κ1) is 33.6. The summed E-state index contributed by atoms with van der Waals surface area (Å²) in [5.41, 5.74) is 4.57. The second kappa shape index (κ2) is 13.1. The van der Waals surface area contributed by atoms with E-state index >= 15 is 0 Å². The van der Waals surface area contributed by atoms with Crippen LogP contribution in [0.25, 0.3) is 0 Å². The Hall–Kier alpha value is -0.943. The topological polar surface area (TPSA) is 27.7 Å². The van der Waals surface area contributed by atoms with E-state index in [1.807, 2.05) is 0 Å². The monoisotopic (exact) mass is 570 g/mol. The van der Waals surface area contributed by atoms with Crippen LogP contribution >= 0.6 is 0 Å². The number of rotatable bonds is 10. The van der Waals surface area contributed by atoms with Crippen LogP contribution in [0.15, 0.2) is 47.6 Å². The third-order valence-electron chi connectivity index (χ3n) is 11.5. The summed E-state index contributed by atoms with van der Waals surface area (Å²) in [7, 11) is -0.0801. The van der Waals surface area contributed by atoms with Crippen LogP contribution in [-0.4, -0.2) is 33.9 Å². The van der Waals surface area contributed by atoms with Crippen LogP contribution in [0.2, 0.25) is 18.1 Å². The summed E-state index contributed by atoms with van der Waals surface area (Å²) in [5.74, 6) is 2.33. The van der Waals surface area contributed by atoms with Crippen LogP contribution in [-0.2, 0) is 13.9 Å². The van der Waals surface area contributed by atoms with E-state index in [4.69, 9.17) is 13.9 Å². The van der Waals surface area contributed by atoms with Crippen LogP contribution in [0.5, 0.6) is 0 Å². The zero-order valence-electron chi connectivity index (χ0n) is 28.0. The highest BCUT2D eigenvalue weighted by Gasteiger charge is 2.50. The third-order valence-corrected chi connectivity index (χ3v) is 16.0. The fourth-order valence-electron chi connectivity index (χ4n) is 7.27. The van der Waals surface area contributed by atoms with Gasteiger partial charge in [-0.1, -0.05) is 83.6 Å². The largest absolute Gasteiger partial charge is 0.414 e. The summed E-state index contributed by atoms with van der Waals surface area (Å²) < 4.78 is 17.9. The zero-order valence-corrected chi connectivity index (χ0v) is 29.0. The molecule has 0 saturated heterocycles. The lowest BCUT2D eigenvalue weighted by Crippen LogP contribution is -2.44.